The molecule has 0 fully saturated rings. The smallest absolute Gasteiger partial charge is 0.0711 e. The molecule has 1 aromatic heterocycles. The third-order valence-corrected chi connectivity index (χ3v) is 6.09. The first kappa shape index (κ1) is 15.3. The van der Waals surface area contributed by atoms with Crippen molar-refractivity contribution in [3.05, 3.63) is 58.4 Å². The van der Waals surface area contributed by atoms with Gasteiger partial charge in [0.25, 0.3) is 0 Å². The molecular weight excluding hydrogens is 379 g/mol. The summed E-state index contributed by atoms with van der Waals surface area (Å²) in [5, 5.41) is 1.21. The number of benzene rings is 2. The van der Waals surface area contributed by atoms with Crippen LogP contribution >= 0.6 is 48.3 Å². The van der Waals surface area contributed by atoms with Gasteiger partial charge in [0.2, 0.25) is 0 Å². The summed E-state index contributed by atoms with van der Waals surface area (Å²) in [5.74, 6) is 0. The molecule has 0 bridgehead atoms. The molecule has 0 N–H and O–H groups in total. The Morgan fingerprint density at radius 1 is 0.952 bits per heavy atom. The summed E-state index contributed by atoms with van der Waals surface area (Å²) in [4.78, 5) is 2.60. The maximum absolute atomic E-state index is 3.63. The van der Waals surface area contributed by atoms with E-state index in [2.05, 4.69) is 86.0 Å². The zero-order valence-corrected chi connectivity index (χ0v) is 15.8. The molecular formula is C17H14BrPS2. The lowest BCUT2D eigenvalue weighted by atomic mass is 10.0. The third-order valence-electron chi connectivity index (χ3n) is 3.28. The largest absolute Gasteiger partial charge is 0.130 e. The first-order valence-electron chi connectivity index (χ1n) is 6.47. The van der Waals surface area contributed by atoms with Crippen molar-refractivity contribution in [3.63, 3.8) is 0 Å². The maximum atomic E-state index is 3.63. The second kappa shape index (κ2) is 6.66. The molecule has 106 valence electrons. The van der Waals surface area contributed by atoms with Crippen LogP contribution in [0.5, 0.6) is 0 Å². The quantitative estimate of drug-likeness (QED) is 0.385. The minimum Gasteiger partial charge on any atom is -0.130 e. The van der Waals surface area contributed by atoms with Crippen LogP contribution in [0.3, 0.4) is 0 Å². The van der Waals surface area contributed by atoms with E-state index >= 15 is 0 Å². The Bertz CT molecular complexity index is 745. The first-order valence-corrected chi connectivity index (χ1v) is 9.88. The number of hydrogen-bond donors (Lipinski definition) is 0. The van der Waals surface area contributed by atoms with E-state index in [4.69, 9.17) is 0 Å². The van der Waals surface area contributed by atoms with Crippen LogP contribution in [-0.2, 0) is 0 Å². The summed E-state index contributed by atoms with van der Waals surface area (Å²) >= 11 is 7.18. The van der Waals surface area contributed by atoms with Gasteiger partial charge in [-0.3, -0.25) is 0 Å². The van der Waals surface area contributed by atoms with Crippen molar-refractivity contribution in [2.75, 3.05) is 6.26 Å². The van der Waals surface area contributed by atoms with E-state index in [0.717, 1.165) is 3.79 Å². The zero-order valence-electron chi connectivity index (χ0n) is 11.5. The van der Waals surface area contributed by atoms with Crippen molar-refractivity contribution in [2.45, 2.75) is 4.90 Å². The van der Waals surface area contributed by atoms with Gasteiger partial charge < -0.3 is 0 Å². The van der Waals surface area contributed by atoms with Crippen molar-refractivity contribution in [2.24, 2.45) is 0 Å². The van der Waals surface area contributed by atoms with Gasteiger partial charge in [0.1, 0.15) is 0 Å². The molecule has 0 aliphatic rings. The third kappa shape index (κ3) is 3.43. The topological polar surface area (TPSA) is 0 Å². The summed E-state index contributed by atoms with van der Waals surface area (Å²) < 4.78 is 1.16. The SMILES string of the molecule is CSc1ccc(-c2cc(Br)sc2-c2ccc(P)cc2)cc1. The predicted octanol–water partition coefficient (Wildman–Crippen LogP) is 6.07. The van der Waals surface area contributed by atoms with Crippen LogP contribution in [0.15, 0.2) is 63.3 Å². The zero-order chi connectivity index (χ0) is 14.8. The average molecular weight is 393 g/mol. The van der Waals surface area contributed by atoms with E-state index in [1.807, 2.05) is 0 Å². The summed E-state index contributed by atoms with van der Waals surface area (Å²) in [5.41, 5.74) is 3.82. The summed E-state index contributed by atoms with van der Waals surface area (Å²) in [6.45, 7) is 0. The Hall–Kier alpha value is -0.600. The van der Waals surface area contributed by atoms with E-state index in [-0.39, 0.29) is 0 Å². The molecule has 0 aliphatic carbocycles. The summed E-state index contributed by atoms with van der Waals surface area (Å²) in [6, 6.07) is 19.6. The van der Waals surface area contributed by atoms with E-state index in [1.54, 1.807) is 23.1 Å². The minimum absolute atomic E-state index is 1.16. The van der Waals surface area contributed by atoms with Crippen LogP contribution in [0.4, 0.5) is 0 Å². The van der Waals surface area contributed by atoms with Crippen molar-refractivity contribution in [1.82, 2.24) is 0 Å². The van der Waals surface area contributed by atoms with Crippen LogP contribution in [0.2, 0.25) is 0 Å². The van der Waals surface area contributed by atoms with E-state index in [9.17, 15) is 0 Å². The van der Waals surface area contributed by atoms with Crippen molar-refractivity contribution >= 4 is 53.6 Å². The van der Waals surface area contributed by atoms with E-state index < -0.39 is 0 Å². The monoisotopic (exact) mass is 392 g/mol. The van der Waals surface area contributed by atoms with Gasteiger partial charge in [-0.1, -0.05) is 36.4 Å². The van der Waals surface area contributed by atoms with Crippen LogP contribution < -0.4 is 5.30 Å². The number of halogens is 1. The second-order valence-corrected chi connectivity index (χ2v) is 8.62. The highest BCUT2D eigenvalue weighted by atomic mass is 79.9. The molecule has 3 rings (SSSR count). The van der Waals surface area contributed by atoms with Gasteiger partial charge >= 0.3 is 0 Å². The molecule has 0 amide bonds. The number of hydrogen-bond acceptors (Lipinski definition) is 2. The normalized spacial score (nSPS) is 10.8. The second-order valence-electron chi connectivity index (χ2n) is 4.64. The molecule has 0 aliphatic heterocycles. The predicted molar refractivity (Wildman–Crippen MR) is 104 cm³/mol. The van der Waals surface area contributed by atoms with Crippen molar-refractivity contribution in [3.8, 4) is 21.6 Å². The van der Waals surface area contributed by atoms with Crippen LogP contribution in [-0.4, -0.2) is 6.26 Å². The fourth-order valence-electron chi connectivity index (χ4n) is 2.19. The Morgan fingerprint density at radius 3 is 2.19 bits per heavy atom. The summed E-state index contributed by atoms with van der Waals surface area (Å²) in [6.07, 6.45) is 2.10. The van der Waals surface area contributed by atoms with Gasteiger partial charge in [-0.25, -0.2) is 0 Å². The molecule has 3 aromatic rings. The molecule has 0 saturated heterocycles. The molecule has 0 nitrogen and oxygen atoms in total. The van der Waals surface area contributed by atoms with E-state index in [0.29, 0.717) is 0 Å². The van der Waals surface area contributed by atoms with Gasteiger partial charge in [-0.05, 0) is 56.8 Å². The highest BCUT2D eigenvalue weighted by Crippen LogP contribution is 2.41. The number of thiophene rings is 1. The molecule has 0 saturated carbocycles. The molecule has 21 heavy (non-hydrogen) atoms. The standard InChI is InChI=1S/C17H14BrPS2/c1-20-14-8-4-11(5-9-14)15-10-16(18)21-17(15)12-2-6-13(19)7-3-12/h2-10H,19H2,1H3. The Kier molecular flexibility index (Phi) is 4.85. The van der Waals surface area contributed by atoms with Gasteiger partial charge in [0.15, 0.2) is 0 Å². The average Bonchev–Trinajstić information content (AvgIpc) is 2.90. The molecule has 1 heterocycles. The van der Waals surface area contributed by atoms with Crippen molar-refractivity contribution in [1.29, 1.82) is 0 Å². The van der Waals surface area contributed by atoms with Crippen LogP contribution in [0.25, 0.3) is 21.6 Å². The molecule has 4 heteroatoms. The van der Waals surface area contributed by atoms with Crippen molar-refractivity contribution < 1.29 is 0 Å². The lowest BCUT2D eigenvalue weighted by Crippen LogP contribution is -1.87. The molecule has 2 aromatic carbocycles. The van der Waals surface area contributed by atoms with Gasteiger partial charge in [-0.2, -0.15) is 0 Å². The summed E-state index contributed by atoms with van der Waals surface area (Å²) in [7, 11) is 2.73. The lowest BCUT2D eigenvalue weighted by Gasteiger charge is -2.06. The fourth-order valence-corrected chi connectivity index (χ4v) is 4.42. The lowest BCUT2D eigenvalue weighted by molar-refractivity contribution is 1.47. The van der Waals surface area contributed by atoms with Crippen LogP contribution in [0.1, 0.15) is 0 Å². The highest BCUT2D eigenvalue weighted by Gasteiger charge is 2.12. The Balaban J connectivity index is 2.08. The molecule has 1 unspecified atom stereocenters. The van der Waals surface area contributed by atoms with Crippen LogP contribution in [0, 0.1) is 0 Å². The van der Waals surface area contributed by atoms with E-state index in [1.165, 1.54) is 31.8 Å². The molecule has 0 spiro atoms. The Morgan fingerprint density at radius 2 is 1.57 bits per heavy atom. The van der Waals surface area contributed by atoms with Gasteiger partial charge in [0.05, 0.1) is 3.79 Å². The number of rotatable bonds is 3. The fraction of sp³-hybridized carbons (Fsp3) is 0.0588. The van der Waals surface area contributed by atoms with Gasteiger partial charge in [0, 0.05) is 15.3 Å². The maximum Gasteiger partial charge on any atom is 0.0711 e. The minimum atomic E-state index is 1.16. The first-order chi connectivity index (χ1) is 10.2. The molecule has 1 atom stereocenters. The Labute approximate surface area is 144 Å². The molecule has 0 radical (unpaired) electrons. The van der Waals surface area contributed by atoms with Gasteiger partial charge in [-0.15, -0.1) is 32.3 Å². The number of thioether (sulfide) groups is 1. The highest BCUT2D eigenvalue weighted by molar-refractivity contribution is 9.11.